The molecule has 2 unspecified atom stereocenters. The van der Waals surface area contributed by atoms with Crippen molar-refractivity contribution in [2.24, 2.45) is 5.92 Å². The van der Waals surface area contributed by atoms with E-state index in [1.165, 1.54) is 0 Å². The van der Waals surface area contributed by atoms with E-state index >= 15 is 0 Å². The molecule has 12 heavy (non-hydrogen) atoms. The smallest absolute Gasteiger partial charge is 0.125 e. The minimum atomic E-state index is -0.414. The highest BCUT2D eigenvalue weighted by Crippen LogP contribution is 2.14. The van der Waals surface area contributed by atoms with Crippen LogP contribution in [0.5, 0.6) is 0 Å². The molecule has 0 bridgehead atoms. The highest BCUT2D eigenvalue weighted by Gasteiger charge is 2.16. The van der Waals surface area contributed by atoms with Crippen LogP contribution in [0.3, 0.4) is 0 Å². The van der Waals surface area contributed by atoms with Crippen molar-refractivity contribution in [3.63, 3.8) is 0 Å². The molecule has 0 fully saturated rings. The zero-order valence-electron chi connectivity index (χ0n) is 8.12. The van der Waals surface area contributed by atoms with E-state index < -0.39 is 6.10 Å². The maximum Gasteiger partial charge on any atom is 0.125 e. The van der Waals surface area contributed by atoms with Crippen molar-refractivity contribution in [1.29, 1.82) is 0 Å². The molecule has 0 aromatic rings. The predicted molar refractivity (Wildman–Crippen MR) is 50.0 cm³/mol. The first kappa shape index (κ1) is 11.6. The van der Waals surface area contributed by atoms with Crippen LogP contribution in [0.25, 0.3) is 0 Å². The van der Waals surface area contributed by atoms with Crippen LogP contribution in [0.15, 0.2) is 0 Å². The Bertz CT molecular complexity index is 112. The van der Waals surface area contributed by atoms with Gasteiger partial charge in [-0.15, -0.1) is 0 Å². The minimum Gasteiger partial charge on any atom is -0.392 e. The van der Waals surface area contributed by atoms with Crippen molar-refractivity contribution in [3.8, 4) is 0 Å². The van der Waals surface area contributed by atoms with Gasteiger partial charge in [0.25, 0.3) is 0 Å². The van der Waals surface area contributed by atoms with E-state index in [1.54, 1.807) is 0 Å². The van der Waals surface area contributed by atoms with Gasteiger partial charge in [-0.05, 0) is 12.8 Å². The Hall–Kier alpha value is -0.370. The summed E-state index contributed by atoms with van der Waals surface area (Å²) in [7, 11) is 0. The normalized spacial score (nSPS) is 15.6. The Morgan fingerprint density at radius 2 is 1.92 bits per heavy atom. The van der Waals surface area contributed by atoms with Crippen molar-refractivity contribution < 1.29 is 9.90 Å². The minimum absolute atomic E-state index is 0.137. The highest BCUT2D eigenvalue weighted by molar-refractivity contribution is 5.54. The number of aliphatic hydroxyl groups excluding tert-OH is 1. The average Bonchev–Trinajstić information content (AvgIpc) is 2.10. The first-order valence-electron chi connectivity index (χ1n) is 4.89. The lowest BCUT2D eigenvalue weighted by atomic mass is 9.95. The number of carbonyl (C=O) groups excluding carboxylic acids is 1. The number of rotatable bonds is 7. The lowest BCUT2D eigenvalue weighted by Crippen LogP contribution is -2.21. The summed E-state index contributed by atoms with van der Waals surface area (Å²) in [5, 5.41) is 9.54. The molecule has 2 atom stereocenters. The number of hydrogen-bond acceptors (Lipinski definition) is 2. The molecule has 0 rings (SSSR count). The summed E-state index contributed by atoms with van der Waals surface area (Å²) >= 11 is 0. The Labute approximate surface area is 75.0 Å². The molecule has 0 aliphatic carbocycles. The molecule has 0 aliphatic heterocycles. The Morgan fingerprint density at radius 1 is 1.25 bits per heavy atom. The molecule has 0 heterocycles. The number of aldehydes is 1. The second-order valence-corrected chi connectivity index (χ2v) is 3.30. The van der Waals surface area contributed by atoms with Crippen molar-refractivity contribution in [2.45, 2.75) is 52.1 Å². The van der Waals surface area contributed by atoms with Gasteiger partial charge in [0.1, 0.15) is 6.29 Å². The third-order valence-electron chi connectivity index (χ3n) is 2.14. The van der Waals surface area contributed by atoms with Gasteiger partial charge in [0.15, 0.2) is 0 Å². The van der Waals surface area contributed by atoms with E-state index in [-0.39, 0.29) is 5.92 Å². The first-order valence-corrected chi connectivity index (χ1v) is 4.89. The molecule has 0 aromatic carbocycles. The van der Waals surface area contributed by atoms with E-state index in [4.69, 9.17) is 0 Å². The largest absolute Gasteiger partial charge is 0.392 e. The predicted octanol–water partition coefficient (Wildman–Crippen LogP) is 2.15. The molecule has 0 aliphatic rings. The molecular formula is C10H20O2. The summed E-state index contributed by atoms with van der Waals surface area (Å²) < 4.78 is 0. The fourth-order valence-corrected chi connectivity index (χ4v) is 1.31. The maximum atomic E-state index is 10.5. The number of aliphatic hydroxyl groups is 1. The number of carbonyl (C=O) groups is 1. The van der Waals surface area contributed by atoms with Crippen LogP contribution < -0.4 is 0 Å². The monoisotopic (exact) mass is 172 g/mol. The van der Waals surface area contributed by atoms with Gasteiger partial charge in [0.2, 0.25) is 0 Å². The molecule has 0 saturated carbocycles. The van der Waals surface area contributed by atoms with Gasteiger partial charge >= 0.3 is 0 Å². The summed E-state index contributed by atoms with van der Waals surface area (Å²) in [4.78, 5) is 10.5. The Balaban J connectivity index is 3.68. The van der Waals surface area contributed by atoms with E-state index in [0.717, 1.165) is 38.4 Å². The van der Waals surface area contributed by atoms with Crippen LogP contribution in [0.2, 0.25) is 0 Å². The number of unbranched alkanes of at least 4 members (excludes halogenated alkanes) is 1. The van der Waals surface area contributed by atoms with Gasteiger partial charge < -0.3 is 9.90 Å². The highest BCUT2D eigenvalue weighted by atomic mass is 16.3. The van der Waals surface area contributed by atoms with E-state index in [1.807, 2.05) is 6.92 Å². The Kier molecular flexibility index (Phi) is 7.06. The van der Waals surface area contributed by atoms with Crippen molar-refractivity contribution in [1.82, 2.24) is 0 Å². The van der Waals surface area contributed by atoms with E-state index in [0.29, 0.717) is 0 Å². The molecule has 0 spiro atoms. The van der Waals surface area contributed by atoms with Gasteiger partial charge in [-0.3, -0.25) is 0 Å². The van der Waals surface area contributed by atoms with Crippen LogP contribution in [0.4, 0.5) is 0 Å². The zero-order chi connectivity index (χ0) is 9.40. The van der Waals surface area contributed by atoms with Crippen molar-refractivity contribution >= 4 is 6.29 Å². The van der Waals surface area contributed by atoms with Crippen LogP contribution in [-0.2, 0) is 4.79 Å². The van der Waals surface area contributed by atoms with Gasteiger partial charge in [0, 0.05) is 5.92 Å². The van der Waals surface area contributed by atoms with Crippen molar-refractivity contribution in [3.05, 3.63) is 0 Å². The summed E-state index contributed by atoms with van der Waals surface area (Å²) in [5.41, 5.74) is 0. The standard InChI is InChI=1S/C10H20O2/c1-3-5-7-10(12)9(8-11)6-4-2/h8-10,12H,3-7H2,1-2H3. The molecule has 1 N–H and O–H groups in total. The second kappa shape index (κ2) is 7.29. The Morgan fingerprint density at radius 3 is 2.33 bits per heavy atom. The van der Waals surface area contributed by atoms with Gasteiger partial charge in [0.05, 0.1) is 6.10 Å². The second-order valence-electron chi connectivity index (χ2n) is 3.30. The van der Waals surface area contributed by atoms with Crippen molar-refractivity contribution in [2.75, 3.05) is 0 Å². The first-order chi connectivity index (χ1) is 5.76. The van der Waals surface area contributed by atoms with Crippen LogP contribution in [0.1, 0.15) is 46.0 Å². The van der Waals surface area contributed by atoms with Gasteiger partial charge in [-0.2, -0.15) is 0 Å². The van der Waals surface area contributed by atoms with Crippen LogP contribution >= 0.6 is 0 Å². The SMILES string of the molecule is CCCCC(O)C(C=O)CCC. The molecule has 0 saturated heterocycles. The zero-order valence-corrected chi connectivity index (χ0v) is 8.12. The summed E-state index contributed by atoms with van der Waals surface area (Å²) in [6.07, 6.45) is 5.11. The molecular weight excluding hydrogens is 152 g/mol. The molecule has 0 amide bonds. The van der Waals surface area contributed by atoms with E-state index in [9.17, 15) is 9.90 Å². The van der Waals surface area contributed by atoms with Gasteiger partial charge in [-0.1, -0.05) is 33.1 Å². The molecule has 2 nitrogen and oxygen atoms in total. The van der Waals surface area contributed by atoms with Gasteiger partial charge in [-0.25, -0.2) is 0 Å². The fourth-order valence-electron chi connectivity index (χ4n) is 1.31. The molecule has 2 heteroatoms. The topological polar surface area (TPSA) is 37.3 Å². The molecule has 0 radical (unpaired) electrons. The van der Waals surface area contributed by atoms with E-state index in [2.05, 4.69) is 6.92 Å². The summed E-state index contributed by atoms with van der Waals surface area (Å²) in [6, 6.07) is 0. The lowest BCUT2D eigenvalue weighted by Gasteiger charge is -2.16. The third kappa shape index (κ3) is 4.50. The van der Waals surface area contributed by atoms with Crippen LogP contribution in [0, 0.1) is 5.92 Å². The fraction of sp³-hybridized carbons (Fsp3) is 0.900. The third-order valence-corrected chi connectivity index (χ3v) is 2.14. The average molecular weight is 172 g/mol. The number of hydrogen-bond donors (Lipinski definition) is 1. The lowest BCUT2D eigenvalue weighted by molar-refractivity contribution is -0.114. The summed E-state index contributed by atoms with van der Waals surface area (Å²) in [6.45, 7) is 4.12. The quantitative estimate of drug-likeness (QED) is 0.597. The molecule has 0 aromatic heterocycles. The maximum absolute atomic E-state index is 10.5. The van der Waals surface area contributed by atoms with Crippen LogP contribution in [-0.4, -0.2) is 17.5 Å². The molecule has 72 valence electrons. The summed E-state index contributed by atoms with van der Waals surface area (Å²) in [5.74, 6) is -0.137.